The van der Waals surface area contributed by atoms with E-state index in [9.17, 15) is 9.59 Å². The fourth-order valence-corrected chi connectivity index (χ4v) is 4.11. The Labute approximate surface area is 172 Å². The highest BCUT2D eigenvalue weighted by Gasteiger charge is 2.23. The van der Waals surface area contributed by atoms with Gasteiger partial charge in [0.15, 0.2) is 0 Å². The zero-order valence-corrected chi connectivity index (χ0v) is 16.7. The quantitative estimate of drug-likeness (QED) is 0.653. The molecule has 3 aromatic rings. The second-order valence-corrected chi connectivity index (χ2v) is 7.61. The smallest absolute Gasteiger partial charge is 0.237 e. The van der Waals surface area contributed by atoms with Crippen LogP contribution in [0.3, 0.4) is 0 Å². The Morgan fingerprint density at radius 1 is 1.17 bits per heavy atom. The van der Waals surface area contributed by atoms with Crippen LogP contribution >= 0.6 is 11.8 Å². The van der Waals surface area contributed by atoms with Gasteiger partial charge in [0, 0.05) is 24.8 Å². The Balaban J connectivity index is 1.48. The van der Waals surface area contributed by atoms with Crippen LogP contribution in [0.2, 0.25) is 0 Å². The number of benzene rings is 2. The third-order valence-electron chi connectivity index (χ3n) is 4.59. The molecule has 1 aromatic heterocycles. The number of anilines is 2. The maximum Gasteiger partial charge on any atom is 0.237 e. The lowest BCUT2D eigenvalue weighted by molar-refractivity contribution is -0.116. The van der Waals surface area contributed by atoms with E-state index in [2.05, 4.69) is 26.9 Å². The fourth-order valence-electron chi connectivity index (χ4n) is 3.35. The van der Waals surface area contributed by atoms with Crippen molar-refractivity contribution in [1.29, 1.82) is 0 Å². The van der Waals surface area contributed by atoms with Gasteiger partial charge in [-0.3, -0.25) is 9.59 Å². The Morgan fingerprint density at radius 3 is 2.90 bits per heavy atom. The first-order chi connectivity index (χ1) is 14.1. The summed E-state index contributed by atoms with van der Waals surface area (Å²) in [6, 6.07) is 15.3. The molecule has 0 saturated carbocycles. The number of aromatic nitrogens is 4. The highest BCUT2D eigenvalue weighted by Crippen LogP contribution is 2.28. The molecule has 148 valence electrons. The molecular formula is C20H20N6O2S. The molecule has 8 nitrogen and oxygen atoms in total. The molecule has 1 N–H and O–H groups in total. The number of hydrogen-bond donors (Lipinski definition) is 1. The van der Waals surface area contributed by atoms with E-state index in [0.717, 1.165) is 25.1 Å². The molecule has 4 rings (SSSR count). The van der Waals surface area contributed by atoms with Crippen LogP contribution < -0.4 is 10.2 Å². The van der Waals surface area contributed by atoms with Crippen molar-refractivity contribution in [3.63, 3.8) is 0 Å². The van der Waals surface area contributed by atoms with Crippen molar-refractivity contribution in [3.8, 4) is 5.69 Å². The average Bonchev–Trinajstić information content (AvgIpc) is 3.20. The summed E-state index contributed by atoms with van der Waals surface area (Å²) in [5.74, 6) is 0.115. The predicted octanol–water partition coefficient (Wildman–Crippen LogP) is 2.69. The number of fused-ring (bicyclic) bond motifs is 1. The summed E-state index contributed by atoms with van der Waals surface area (Å²) in [5.41, 5.74) is 3.56. The number of rotatable bonds is 5. The third-order valence-corrected chi connectivity index (χ3v) is 5.49. The molecule has 29 heavy (non-hydrogen) atoms. The van der Waals surface area contributed by atoms with Gasteiger partial charge in [0.1, 0.15) is 0 Å². The summed E-state index contributed by atoms with van der Waals surface area (Å²) in [6.45, 7) is 2.18. The first-order valence-electron chi connectivity index (χ1n) is 9.29. The lowest BCUT2D eigenvalue weighted by Gasteiger charge is -2.29. The standard InChI is InChI=1S/C20H20N6O2S/c1-14(27)21-16-8-4-9-17(12-16)26-20(22-23-24-26)29-13-19(28)25-11-5-7-15-6-2-3-10-18(15)25/h2-4,6,8-10,12H,5,7,11,13H2,1H3,(H,21,27). The molecule has 0 atom stereocenters. The van der Waals surface area contributed by atoms with E-state index in [4.69, 9.17) is 0 Å². The SMILES string of the molecule is CC(=O)Nc1cccc(-n2nnnc2SCC(=O)N2CCCc3ccccc32)c1. The van der Waals surface area contributed by atoms with E-state index in [1.165, 1.54) is 24.2 Å². The van der Waals surface area contributed by atoms with Crippen molar-refractivity contribution in [2.75, 3.05) is 22.5 Å². The van der Waals surface area contributed by atoms with Crippen molar-refractivity contribution in [2.24, 2.45) is 0 Å². The Morgan fingerprint density at radius 2 is 2.03 bits per heavy atom. The summed E-state index contributed by atoms with van der Waals surface area (Å²) < 4.78 is 1.56. The van der Waals surface area contributed by atoms with Gasteiger partial charge < -0.3 is 10.2 Å². The molecule has 2 heterocycles. The maximum absolute atomic E-state index is 12.9. The molecule has 0 aliphatic carbocycles. The molecule has 1 aliphatic heterocycles. The number of tetrazole rings is 1. The molecular weight excluding hydrogens is 388 g/mol. The maximum atomic E-state index is 12.9. The second-order valence-electron chi connectivity index (χ2n) is 6.67. The van der Waals surface area contributed by atoms with E-state index < -0.39 is 0 Å². The van der Waals surface area contributed by atoms with Crippen molar-refractivity contribution in [1.82, 2.24) is 20.2 Å². The summed E-state index contributed by atoms with van der Waals surface area (Å²) in [4.78, 5) is 26.0. The minimum absolute atomic E-state index is 0.0312. The molecule has 0 radical (unpaired) electrons. The van der Waals surface area contributed by atoms with E-state index in [0.29, 0.717) is 16.5 Å². The van der Waals surface area contributed by atoms with Crippen LogP contribution in [0.4, 0.5) is 11.4 Å². The number of nitrogens with zero attached hydrogens (tertiary/aromatic N) is 5. The van der Waals surface area contributed by atoms with E-state index in [1.54, 1.807) is 16.8 Å². The number of thioether (sulfide) groups is 1. The minimum Gasteiger partial charge on any atom is -0.326 e. The molecule has 0 saturated heterocycles. The molecule has 2 aromatic carbocycles. The Bertz CT molecular complexity index is 1050. The number of aryl methyl sites for hydroxylation is 1. The number of hydrogen-bond acceptors (Lipinski definition) is 6. The van der Waals surface area contributed by atoms with Crippen LogP contribution in [0.25, 0.3) is 5.69 Å². The molecule has 2 amide bonds. The van der Waals surface area contributed by atoms with Gasteiger partial charge in [-0.15, -0.1) is 5.10 Å². The van der Waals surface area contributed by atoms with E-state index >= 15 is 0 Å². The first-order valence-corrected chi connectivity index (χ1v) is 10.3. The highest BCUT2D eigenvalue weighted by atomic mass is 32.2. The van der Waals surface area contributed by atoms with Crippen molar-refractivity contribution >= 4 is 35.0 Å². The molecule has 1 aliphatic rings. The van der Waals surface area contributed by atoms with Gasteiger partial charge in [-0.05, 0) is 53.1 Å². The Kier molecular flexibility index (Phi) is 5.57. The average molecular weight is 408 g/mol. The molecule has 0 fully saturated rings. The van der Waals surface area contributed by atoms with Gasteiger partial charge in [-0.1, -0.05) is 36.0 Å². The minimum atomic E-state index is -0.152. The highest BCUT2D eigenvalue weighted by molar-refractivity contribution is 7.99. The van der Waals surface area contributed by atoms with Gasteiger partial charge in [0.25, 0.3) is 0 Å². The zero-order valence-electron chi connectivity index (χ0n) is 15.9. The van der Waals surface area contributed by atoms with Crippen molar-refractivity contribution in [2.45, 2.75) is 24.9 Å². The number of amides is 2. The van der Waals surface area contributed by atoms with Crippen LogP contribution in [0.5, 0.6) is 0 Å². The molecule has 0 spiro atoms. The zero-order chi connectivity index (χ0) is 20.2. The number of carbonyl (C=O) groups is 2. The van der Waals surface area contributed by atoms with E-state index in [-0.39, 0.29) is 17.6 Å². The number of carbonyl (C=O) groups excluding carboxylic acids is 2. The van der Waals surface area contributed by atoms with Crippen LogP contribution in [0.1, 0.15) is 18.9 Å². The third kappa shape index (κ3) is 4.29. The predicted molar refractivity (Wildman–Crippen MR) is 111 cm³/mol. The summed E-state index contributed by atoms with van der Waals surface area (Å²) >= 11 is 1.29. The summed E-state index contributed by atoms with van der Waals surface area (Å²) in [6.07, 6.45) is 1.96. The fraction of sp³-hybridized carbons (Fsp3) is 0.250. The van der Waals surface area contributed by atoms with Gasteiger partial charge in [0.05, 0.1) is 11.4 Å². The van der Waals surface area contributed by atoms with Crippen LogP contribution in [0, 0.1) is 0 Å². The van der Waals surface area contributed by atoms with Crippen LogP contribution in [-0.2, 0) is 16.0 Å². The molecule has 0 unspecified atom stereocenters. The van der Waals surface area contributed by atoms with Gasteiger partial charge >= 0.3 is 0 Å². The number of nitrogens with one attached hydrogen (secondary N) is 1. The van der Waals surface area contributed by atoms with Crippen LogP contribution in [0.15, 0.2) is 53.7 Å². The van der Waals surface area contributed by atoms with Gasteiger partial charge in [0.2, 0.25) is 17.0 Å². The first kappa shape index (κ1) is 19.1. The van der Waals surface area contributed by atoms with Crippen LogP contribution in [-0.4, -0.2) is 44.3 Å². The summed E-state index contributed by atoms with van der Waals surface area (Å²) in [7, 11) is 0. The monoisotopic (exact) mass is 408 g/mol. The topological polar surface area (TPSA) is 93.0 Å². The van der Waals surface area contributed by atoms with Crippen molar-refractivity contribution in [3.05, 3.63) is 54.1 Å². The normalized spacial score (nSPS) is 13.1. The molecule has 0 bridgehead atoms. The van der Waals surface area contributed by atoms with Gasteiger partial charge in [-0.25, -0.2) is 0 Å². The van der Waals surface area contributed by atoms with Gasteiger partial charge in [-0.2, -0.15) is 4.68 Å². The number of para-hydroxylation sites is 1. The Hall–Kier alpha value is -3.20. The van der Waals surface area contributed by atoms with Crippen molar-refractivity contribution < 1.29 is 9.59 Å². The lowest BCUT2D eigenvalue weighted by Crippen LogP contribution is -2.36. The second kappa shape index (κ2) is 8.44. The summed E-state index contributed by atoms with van der Waals surface area (Å²) in [5, 5.41) is 15.1. The lowest BCUT2D eigenvalue weighted by atomic mass is 10.0. The molecule has 9 heteroatoms. The largest absolute Gasteiger partial charge is 0.326 e. The van der Waals surface area contributed by atoms with E-state index in [1.807, 2.05) is 35.2 Å².